The first-order valence-corrected chi connectivity index (χ1v) is 9.53. The zero-order chi connectivity index (χ0) is 21.1. The zero-order valence-corrected chi connectivity index (χ0v) is 17.3. The summed E-state index contributed by atoms with van der Waals surface area (Å²) in [4.78, 5) is 29.0. The van der Waals surface area contributed by atoms with Crippen LogP contribution in [0, 0.1) is 0 Å². The van der Waals surface area contributed by atoms with E-state index >= 15 is 0 Å². The van der Waals surface area contributed by atoms with Gasteiger partial charge < -0.3 is 24.1 Å². The molecule has 2 heterocycles. The van der Waals surface area contributed by atoms with Crippen molar-refractivity contribution in [2.45, 2.75) is 12.5 Å². The van der Waals surface area contributed by atoms with Crippen molar-refractivity contribution in [2.24, 2.45) is 0 Å². The molecule has 3 rings (SSSR count). The smallest absolute Gasteiger partial charge is 0.295 e. The van der Waals surface area contributed by atoms with Gasteiger partial charge in [0.25, 0.3) is 11.7 Å². The van der Waals surface area contributed by atoms with E-state index in [-0.39, 0.29) is 16.4 Å². The molecule has 8 heteroatoms. The lowest BCUT2D eigenvalue weighted by molar-refractivity contribution is -0.140. The Morgan fingerprint density at radius 1 is 1.31 bits per heavy atom. The van der Waals surface area contributed by atoms with Gasteiger partial charge >= 0.3 is 0 Å². The number of hydrogen-bond donors (Lipinski definition) is 1. The van der Waals surface area contributed by atoms with Crippen LogP contribution >= 0.6 is 11.6 Å². The minimum absolute atomic E-state index is 0.0176. The van der Waals surface area contributed by atoms with Crippen LogP contribution < -0.4 is 4.74 Å². The van der Waals surface area contributed by atoms with E-state index in [9.17, 15) is 14.7 Å². The van der Waals surface area contributed by atoms with Gasteiger partial charge in [0, 0.05) is 12.1 Å². The normalized spacial score (nSPS) is 18.7. The summed E-state index contributed by atoms with van der Waals surface area (Å²) in [6.45, 7) is 1.11. The summed E-state index contributed by atoms with van der Waals surface area (Å²) in [5.74, 6) is -0.860. The van der Waals surface area contributed by atoms with E-state index in [2.05, 4.69) is 0 Å². The van der Waals surface area contributed by atoms with Gasteiger partial charge in [0.2, 0.25) is 0 Å². The first-order chi connectivity index (χ1) is 13.8. The fraction of sp³-hybridized carbons (Fsp3) is 0.333. The van der Waals surface area contributed by atoms with Crippen molar-refractivity contribution in [3.05, 3.63) is 58.5 Å². The van der Waals surface area contributed by atoms with E-state index in [0.717, 1.165) is 6.54 Å². The molecular formula is C21H23ClN2O5. The summed E-state index contributed by atoms with van der Waals surface area (Å²) in [6.07, 6.45) is 2.14. The number of ketones is 1. The lowest BCUT2D eigenvalue weighted by atomic mass is 9.99. The highest BCUT2D eigenvalue weighted by Crippen LogP contribution is 2.40. The first kappa shape index (κ1) is 21.0. The molecule has 0 bridgehead atoms. The van der Waals surface area contributed by atoms with E-state index in [1.54, 1.807) is 24.3 Å². The third kappa shape index (κ3) is 4.16. The molecule has 154 valence electrons. The largest absolute Gasteiger partial charge is 0.507 e. The Balaban J connectivity index is 2.05. The monoisotopic (exact) mass is 418 g/mol. The SMILES string of the molecule is COc1ccc(/C(O)=C2/C(=O)C(=O)N(CCCN(C)C)[C@@H]2c2ccco2)cc1Cl. The molecular weight excluding hydrogens is 396 g/mol. The predicted molar refractivity (Wildman–Crippen MR) is 109 cm³/mol. The van der Waals surface area contributed by atoms with Gasteiger partial charge in [-0.2, -0.15) is 0 Å². The highest BCUT2D eigenvalue weighted by atomic mass is 35.5. The van der Waals surface area contributed by atoms with Crippen molar-refractivity contribution < 1.29 is 23.8 Å². The molecule has 1 aliphatic rings. The summed E-state index contributed by atoms with van der Waals surface area (Å²) >= 11 is 6.16. The number of Topliss-reactive ketones (excluding diaryl/α,β-unsaturated/α-hetero) is 1. The van der Waals surface area contributed by atoms with Crippen LogP contribution in [0.1, 0.15) is 23.8 Å². The second-order valence-corrected chi connectivity index (χ2v) is 7.42. The molecule has 1 aromatic carbocycles. The number of amides is 1. The van der Waals surface area contributed by atoms with E-state index in [4.69, 9.17) is 20.8 Å². The highest BCUT2D eigenvalue weighted by Gasteiger charge is 2.47. The number of halogens is 1. The first-order valence-electron chi connectivity index (χ1n) is 9.15. The number of likely N-dealkylation sites (tertiary alicyclic amines) is 1. The summed E-state index contributed by atoms with van der Waals surface area (Å²) < 4.78 is 10.6. The molecule has 1 fully saturated rings. The number of nitrogens with zero attached hydrogens (tertiary/aromatic N) is 2. The Hall–Kier alpha value is -2.77. The standard InChI is InChI=1S/C21H23ClN2O5/c1-23(2)9-5-10-24-18(16-6-4-11-29-16)17(20(26)21(24)27)19(25)13-7-8-15(28-3)14(22)12-13/h4,6-8,11-12,18,25H,5,9-10H2,1-3H3/b19-17-/t18-/m1/s1. The number of benzene rings is 1. The quantitative estimate of drug-likeness (QED) is 0.422. The number of aliphatic hydroxyl groups is 1. The average Bonchev–Trinajstić information content (AvgIpc) is 3.29. The van der Waals surface area contributed by atoms with Crippen LogP contribution in [0.25, 0.3) is 5.76 Å². The van der Waals surface area contributed by atoms with Crippen LogP contribution in [0.3, 0.4) is 0 Å². The highest BCUT2D eigenvalue weighted by molar-refractivity contribution is 6.46. The van der Waals surface area contributed by atoms with Gasteiger partial charge in [-0.1, -0.05) is 11.6 Å². The van der Waals surface area contributed by atoms with Gasteiger partial charge in [0.15, 0.2) is 0 Å². The van der Waals surface area contributed by atoms with Gasteiger partial charge in [-0.15, -0.1) is 0 Å². The molecule has 7 nitrogen and oxygen atoms in total. The van der Waals surface area contributed by atoms with Crippen molar-refractivity contribution in [1.82, 2.24) is 9.80 Å². The maximum absolute atomic E-state index is 12.8. The summed E-state index contributed by atoms with van der Waals surface area (Å²) in [7, 11) is 5.36. The van der Waals surface area contributed by atoms with E-state index in [1.165, 1.54) is 24.3 Å². The average molecular weight is 419 g/mol. The fourth-order valence-corrected chi connectivity index (χ4v) is 3.64. The van der Waals surface area contributed by atoms with Crippen LogP contribution in [0.5, 0.6) is 5.75 Å². The summed E-state index contributed by atoms with van der Waals surface area (Å²) in [5, 5.41) is 11.2. The van der Waals surface area contributed by atoms with Gasteiger partial charge in [-0.25, -0.2) is 0 Å². The molecule has 1 N–H and O–H groups in total. The third-order valence-electron chi connectivity index (χ3n) is 4.78. The van der Waals surface area contributed by atoms with Crippen LogP contribution in [0.2, 0.25) is 5.02 Å². The molecule has 1 saturated heterocycles. The van der Waals surface area contributed by atoms with E-state index < -0.39 is 17.7 Å². The van der Waals surface area contributed by atoms with Crippen LogP contribution in [-0.4, -0.2) is 60.9 Å². The molecule has 29 heavy (non-hydrogen) atoms. The molecule has 1 amide bonds. The number of carbonyl (C=O) groups is 2. The van der Waals surface area contributed by atoms with Gasteiger partial charge in [0.1, 0.15) is 23.3 Å². The zero-order valence-electron chi connectivity index (χ0n) is 16.5. The maximum Gasteiger partial charge on any atom is 0.295 e. The van der Waals surface area contributed by atoms with Crippen molar-refractivity contribution in [3.63, 3.8) is 0 Å². The number of rotatable bonds is 7. The Labute approximate surface area is 174 Å². The number of carbonyl (C=O) groups excluding carboxylic acids is 2. The van der Waals surface area contributed by atoms with E-state index in [0.29, 0.717) is 30.0 Å². The molecule has 1 atom stereocenters. The van der Waals surface area contributed by atoms with Gasteiger partial charge in [-0.05, 0) is 57.4 Å². The van der Waals surface area contributed by atoms with Gasteiger partial charge in [0.05, 0.1) is 24.0 Å². The molecule has 0 unspecified atom stereocenters. The van der Waals surface area contributed by atoms with Crippen LogP contribution in [0.15, 0.2) is 46.6 Å². The fourth-order valence-electron chi connectivity index (χ4n) is 3.38. The molecule has 0 aliphatic carbocycles. The Morgan fingerprint density at radius 2 is 2.07 bits per heavy atom. The topological polar surface area (TPSA) is 83.2 Å². The summed E-state index contributed by atoms with van der Waals surface area (Å²) in [6, 6.07) is 7.23. The van der Waals surface area contributed by atoms with Crippen molar-refractivity contribution >= 4 is 29.1 Å². The molecule has 1 aromatic heterocycles. The lowest BCUT2D eigenvalue weighted by Crippen LogP contribution is -2.32. The van der Waals surface area contributed by atoms with Crippen molar-refractivity contribution in [1.29, 1.82) is 0 Å². The molecule has 2 aromatic rings. The molecule has 0 radical (unpaired) electrons. The second-order valence-electron chi connectivity index (χ2n) is 7.01. The van der Waals surface area contributed by atoms with Crippen molar-refractivity contribution in [2.75, 3.05) is 34.3 Å². The second kappa shape index (κ2) is 8.71. The van der Waals surface area contributed by atoms with E-state index in [1.807, 2.05) is 19.0 Å². The number of methoxy groups -OCH3 is 1. The predicted octanol–water partition coefficient (Wildman–Crippen LogP) is 3.32. The Kier molecular flexibility index (Phi) is 6.30. The number of furan rings is 1. The number of ether oxygens (including phenoxy) is 1. The minimum Gasteiger partial charge on any atom is -0.507 e. The molecule has 0 saturated carbocycles. The third-order valence-corrected chi connectivity index (χ3v) is 5.08. The molecule has 1 aliphatic heterocycles. The number of aliphatic hydroxyl groups excluding tert-OH is 1. The maximum atomic E-state index is 12.8. The van der Waals surface area contributed by atoms with Gasteiger partial charge in [-0.3, -0.25) is 9.59 Å². The summed E-state index contributed by atoms with van der Waals surface area (Å²) in [5.41, 5.74) is 0.301. The lowest BCUT2D eigenvalue weighted by Gasteiger charge is -2.24. The minimum atomic E-state index is -0.798. The van der Waals surface area contributed by atoms with Crippen LogP contribution in [0.4, 0.5) is 0 Å². The Bertz CT molecular complexity index is 937. The van der Waals surface area contributed by atoms with Crippen LogP contribution in [-0.2, 0) is 9.59 Å². The van der Waals surface area contributed by atoms with Crippen molar-refractivity contribution in [3.8, 4) is 5.75 Å². The number of hydrogen-bond acceptors (Lipinski definition) is 6. The Morgan fingerprint density at radius 3 is 2.66 bits per heavy atom. The molecule has 0 spiro atoms.